The van der Waals surface area contributed by atoms with Crippen LogP contribution in [0.15, 0.2) is 24.3 Å². The van der Waals surface area contributed by atoms with Gasteiger partial charge in [0.1, 0.15) is 5.75 Å². The lowest BCUT2D eigenvalue weighted by Gasteiger charge is -2.20. The smallest absolute Gasteiger partial charge is 0.228 e. The number of hydrogen-bond donors (Lipinski definition) is 0. The molecule has 0 N–H and O–H groups in total. The van der Waals surface area contributed by atoms with E-state index in [2.05, 4.69) is 6.92 Å². The third-order valence-electron chi connectivity index (χ3n) is 4.51. The monoisotopic (exact) mass is 316 g/mol. The molecule has 0 saturated carbocycles. The minimum absolute atomic E-state index is 0.0322. The summed E-state index contributed by atoms with van der Waals surface area (Å²) in [5.74, 6) is 0.787. The van der Waals surface area contributed by atoms with Crippen LogP contribution in [0.3, 0.4) is 0 Å². The molecule has 2 amide bonds. The van der Waals surface area contributed by atoms with Gasteiger partial charge in [0.25, 0.3) is 0 Å². The summed E-state index contributed by atoms with van der Waals surface area (Å²) in [7, 11) is 0. The SMILES string of the molecule is CCCOc1ccc(N2C[C@H](C(=O)N3CCCC3)CC2=O)cc1. The molecule has 5 heteroatoms. The number of rotatable bonds is 5. The van der Waals surface area contributed by atoms with Crippen LogP contribution in [-0.2, 0) is 9.59 Å². The summed E-state index contributed by atoms with van der Waals surface area (Å²) < 4.78 is 5.56. The molecule has 2 aliphatic rings. The van der Waals surface area contributed by atoms with Crippen LogP contribution in [-0.4, -0.2) is 43.0 Å². The lowest BCUT2D eigenvalue weighted by atomic mass is 10.1. The van der Waals surface area contributed by atoms with E-state index in [0.717, 1.165) is 43.8 Å². The van der Waals surface area contributed by atoms with Crippen molar-refractivity contribution in [1.82, 2.24) is 4.90 Å². The van der Waals surface area contributed by atoms with Crippen LogP contribution in [0.5, 0.6) is 5.75 Å². The number of hydrogen-bond acceptors (Lipinski definition) is 3. The first-order valence-electron chi connectivity index (χ1n) is 8.51. The van der Waals surface area contributed by atoms with Crippen molar-refractivity contribution in [3.8, 4) is 5.75 Å². The zero-order valence-electron chi connectivity index (χ0n) is 13.7. The number of nitrogens with zero attached hydrogens (tertiary/aromatic N) is 2. The Balaban J connectivity index is 1.64. The van der Waals surface area contributed by atoms with E-state index < -0.39 is 0 Å². The van der Waals surface area contributed by atoms with Gasteiger partial charge in [-0.15, -0.1) is 0 Å². The van der Waals surface area contributed by atoms with Gasteiger partial charge in [-0.2, -0.15) is 0 Å². The van der Waals surface area contributed by atoms with Gasteiger partial charge in [-0.25, -0.2) is 0 Å². The summed E-state index contributed by atoms with van der Waals surface area (Å²) in [6.07, 6.45) is 3.45. The fourth-order valence-corrected chi connectivity index (χ4v) is 3.26. The van der Waals surface area contributed by atoms with Gasteiger partial charge in [-0.3, -0.25) is 9.59 Å². The summed E-state index contributed by atoms with van der Waals surface area (Å²) in [5, 5.41) is 0. The van der Waals surface area contributed by atoms with E-state index in [1.54, 1.807) is 4.90 Å². The molecule has 2 fully saturated rings. The summed E-state index contributed by atoms with van der Waals surface area (Å²) >= 11 is 0. The van der Waals surface area contributed by atoms with Crippen LogP contribution in [0.1, 0.15) is 32.6 Å². The van der Waals surface area contributed by atoms with Crippen molar-refractivity contribution in [3.63, 3.8) is 0 Å². The number of amides is 2. The van der Waals surface area contributed by atoms with Crippen LogP contribution in [0.2, 0.25) is 0 Å². The van der Waals surface area contributed by atoms with E-state index in [1.165, 1.54) is 0 Å². The molecule has 5 nitrogen and oxygen atoms in total. The summed E-state index contributed by atoms with van der Waals surface area (Å²) in [5.41, 5.74) is 0.843. The molecule has 0 spiro atoms. The van der Waals surface area contributed by atoms with Crippen molar-refractivity contribution in [2.75, 3.05) is 31.1 Å². The van der Waals surface area contributed by atoms with E-state index in [-0.39, 0.29) is 17.7 Å². The van der Waals surface area contributed by atoms with Gasteiger partial charge in [-0.1, -0.05) is 6.92 Å². The Morgan fingerprint density at radius 2 is 1.91 bits per heavy atom. The van der Waals surface area contributed by atoms with Crippen LogP contribution < -0.4 is 9.64 Å². The first-order valence-corrected chi connectivity index (χ1v) is 8.51. The average Bonchev–Trinajstić information content (AvgIpc) is 3.22. The van der Waals surface area contributed by atoms with Crippen molar-refractivity contribution in [1.29, 1.82) is 0 Å². The van der Waals surface area contributed by atoms with Crippen LogP contribution in [0, 0.1) is 5.92 Å². The van der Waals surface area contributed by atoms with Crippen molar-refractivity contribution in [3.05, 3.63) is 24.3 Å². The highest BCUT2D eigenvalue weighted by atomic mass is 16.5. The predicted molar refractivity (Wildman–Crippen MR) is 88.5 cm³/mol. The molecular weight excluding hydrogens is 292 g/mol. The molecular formula is C18H24N2O3. The van der Waals surface area contributed by atoms with Crippen molar-refractivity contribution in [2.45, 2.75) is 32.6 Å². The quantitative estimate of drug-likeness (QED) is 0.838. The Labute approximate surface area is 137 Å². The number of benzene rings is 1. The summed E-state index contributed by atoms with van der Waals surface area (Å²) in [6.45, 7) is 4.92. The molecule has 0 bridgehead atoms. The predicted octanol–water partition coefficient (Wildman–Crippen LogP) is 2.45. The van der Waals surface area contributed by atoms with E-state index in [4.69, 9.17) is 4.74 Å². The van der Waals surface area contributed by atoms with E-state index in [9.17, 15) is 9.59 Å². The third-order valence-corrected chi connectivity index (χ3v) is 4.51. The number of ether oxygens (including phenoxy) is 1. The first-order chi connectivity index (χ1) is 11.2. The molecule has 0 aromatic heterocycles. The van der Waals surface area contributed by atoms with Crippen molar-refractivity contribution < 1.29 is 14.3 Å². The Kier molecular flexibility index (Phi) is 4.84. The maximum Gasteiger partial charge on any atom is 0.228 e. The molecule has 0 unspecified atom stereocenters. The fourth-order valence-electron chi connectivity index (χ4n) is 3.26. The molecule has 23 heavy (non-hydrogen) atoms. The Morgan fingerprint density at radius 3 is 2.57 bits per heavy atom. The molecule has 1 atom stereocenters. The van der Waals surface area contributed by atoms with Gasteiger partial charge in [0.05, 0.1) is 12.5 Å². The minimum atomic E-state index is -0.198. The second-order valence-electron chi connectivity index (χ2n) is 6.28. The summed E-state index contributed by atoms with van der Waals surface area (Å²) in [4.78, 5) is 28.4. The molecule has 3 rings (SSSR count). The number of likely N-dealkylation sites (tertiary alicyclic amines) is 1. The lowest BCUT2D eigenvalue weighted by molar-refractivity contribution is -0.134. The highest BCUT2D eigenvalue weighted by molar-refractivity contribution is 6.00. The molecule has 0 radical (unpaired) electrons. The minimum Gasteiger partial charge on any atom is -0.494 e. The number of carbonyl (C=O) groups excluding carboxylic acids is 2. The molecule has 1 aromatic rings. The highest BCUT2D eigenvalue weighted by Gasteiger charge is 2.37. The van der Waals surface area contributed by atoms with Crippen molar-refractivity contribution in [2.24, 2.45) is 5.92 Å². The van der Waals surface area contributed by atoms with Gasteiger partial charge < -0.3 is 14.5 Å². The molecule has 2 heterocycles. The normalized spacial score (nSPS) is 21.1. The fraction of sp³-hybridized carbons (Fsp3) is 0.556. The Morgan fingerprint density at radius 1 is 1.22 bits per heavy atom. The maximum absolute atomic E-state index is 12.5. The second-order valence-corrected chi connectivity index (χ2v) is 6.28. The van der Waals surface area contributed by atoms with Crippen molar-refractivity contribution >= 4 is 17.5 Å². The average molecular weight is 316 g/mol. The largest absolute Gasteiger partial charge is 0.494 e. The second kappa shape index (κ2) is 7.02. The first kappa shape index (κ1) is 15.8. The topological polar surface area (TPSA) is 49.9 Å². The zero-order chi connectivity index (χ0) is 16.2. The Hall–Kier alpha value is -2.04. The standard InChI is InChI=1S/C18H24N2O3/c1-2-11-23-16-7-5-15(6-8-16)20-13-14(12-17(20)21)18(22)19-9-3-4-10-19/h5-8,14H,2-4,9-13H2,1H3/t14-/m1/s1. The Bertz CT molecular complexity index is 564. The van der Waals surface area contributed by atoms with Gasteiger partial charge in [0.15, 0.2) is 0 Å². The van der Waals surface area contributed by atoms with Crippen LogP contribution >= 0.6 is 0 Å². The number of carbonyl (C=O) groups is 2. The number of anilines is 1. The van der Waals surface area contributed by atoms with Gasteiger partial charge in [-0.05, 0) is 43.5 Å². The third kappa shape index (κ3) is 3.49. The molecule has 0 aliphatic carbocycles. The lowest BCUT2D eigenvalue weighted by Crippen LogP contribution is -2.35. The van der Waals surface area contributed by atoms with Crippen LogP contribution in [0.4, 0.5) is 5.69 Å². The van der Waals surface area contributed by atoms with Gasteiger partial charge in [0.2, 0.25) is 11.8 Å². The summed E-state index contributed by atoms with van der Waals surface area (Å²) in [6, 6.07) is 7.55. The molecule has 2 aliphatic heterocycles. The van der Waals surface area contributed by atoms with Gasteiger partial charge in [0, 0.05) is 31.7 Å². The molecule has 2 saturated heterocycles. The zero-order valence-corrected chi connectivity index (χ0v) is 13.7. The van der Waals surface area contributed by atoms with E-state index >= 15 is 0 Å². The molecule has 1 aromatic carbocycles. The van der Waals surface area contributed by atoms with E-state index in [0.29, 0.717) is 19.6 Å². The van der Waals surface area contributed by atoms with Gasteiger partial charge >= 0.3 is 0 Å². The maximum atomic E-state index is 12.5. The van der Waals surface area contributed by atoms with Crippen LogP contribution in [0.25, 0.3) is 0 Å². The highest BCUT2D eigenvalue weighted by Crippen LogP contribution is 2.28. The molecule has 124 valence electrons. The van der Waals surface area contributed by atoms with E-state index in [1.807, 2.05) is 29.2 Å².